The predicted molar refractivity (Wildman–Crippen MR) is 59.7 cm³/mol. The molecule has 0 unspecified atom stereocenters. The minimum atomic E-state index is -4.01. The number of aryl methyl sites for hydroxylation is 1. The van der Waals surface area contributed by atoms with Gasteiger partial charge in [-0.15, -0.1) is 0 Å². The highest BCUT2D eigenvalue weighted by Gasteiger charge is 2.24. The zero-order valence-corrected chi connectivity index (χ0v) is 10.3. The van der Waals surface area contributed by atoms with Gasteiger partial charge >= 0.3 is 10.3 Å². The molecule has 0 saturated carbocycles. The lowest BCUT2D eigenvalue weighted by Gasteiger charge is -2.20. The van der Waals surface area contributed by atoms with Crippen LogP contribution in [0.4, 0.5) is 0 Å². The Morgan fingerprint density at radius 1 is 1.53 bits per heavy atom. The van der Waals surface area contributed by atoms with Crippen molar-refractivity contribution in [1.82, 2.24) is 9.78 Å². The van der Waals surface area contributed by atoms with Gasteiger partial charge in [0.2, 0.25) is 0 Å². The highest BCUT2D eigenvalue weighted by atomic mass is 32.2. The number of ether oxygens (including phenoxy) is 1. The smallest absolute Gasteiger partial charge is 0.380 e. The van der Waals surface area contributed by atoms with Crippen molar-refractivity contribution in [2.75, 3.05) is 13.2 Å². The van der Waals surface area contributed by atoms with Crippen LogP contribution < -0.4 is 9.32 Å². The number of hydrogen-bond acceptors (Lipinski definition) is 5. The van der Waals surface area contributed by atoms with Gasteiger partial charge in [-0.2, -0.15) is 18.7 Å². The molecule has 0 atom stereocenters. The molecule has 1 saturated heterocycles. The van der Waals surface area contributed by atoms with E-state index in [1.165, 1.54) is 10.9 Å². The molecule has 0 radical (unpaired) electrons. The summed E-state index contributed by atoms with van der Waals surface area (Å²) in [6.07, 6.45) is 3.12. The lowest BCUT2D eigenvalue weighted by molar-refractivity contribution is 0.0841. The van der Waals surface area contributed by atoms with Crippen molar-refractivity contribution in [2.45, 2.75) is 18.8 Å². The first-order valence-electron chi connectivity index (χ1n) is 5.29. The molecular weight excluding hydrogens is 246 g/mol. The molecule has 96 valence electrons. The minimum Gasteiger partial charge on any atom is -0.381 e. The first-order chi connectivity index (χ1) is 7.96. The zero-order chi connectivity index (χ0) is 12.5. The topological polar surface area (TPSA) is 96.4 Å². The summed E-state index contributed by atoms with van der Waals surface area (Å²) in [5.41, 5.74) is 0.629. The Morgan fingerprint density at radius 3 is 2.76 bits per heavy atom. The molecule has 0 aliphatic carbocycles. The summed E-state index contributed by atoms with van der Waals surface area (Å²) in [6, 6.07) is 0. The van der Waals surface area contributed by atoms with Crippen molar-refractivity contribution in [3.8, 4) is 5.75 Å². The van der Waals surface area contributed by atoms with Crippen molar-refractivity contribution in [3.05, 3.63) is 11.9 Å². The maximum Gasteiger partial charge on any atom is 0.380 e. The summed E-state index contributed by atoms with van der Waals surface area (Å²) < 4.78 is 33.4. The molecular formula is C9H15N3O4S. The molecule has 1 fully saturated rings. The van der Waals surface area contributed by atoms with Crippen LogP contribution in [0.1, 0.15) is 24.5 Å². The van der Waals surface area contributed by atoms with Crippen LogP contribution in [-0.2, 0) is 22.1 Å². The first-order valence-corrected chi connectivity index (χ1v) is 6.76. The van der Waals surface area contributed by atoms with E-state index in [0.29, 0.717) is 18.9 Å². The molecule has 0 spiro atoms. The van der Waals surface area contributed by atoms with Crippen LogP contribution in [-0.4, -0.2) is 31.4 Å². The van der Waals surface area contributed by atoms with Crippen LogP contribution >= 0.6 is 0 Å². The molecule has 2 rings (SSSR count). The SMILES string of the molecule is Cn1cc(OS(N)(=O)=O)c(C2CCOCC2)n1. The van der Waals surface area contributed by atoms with Crippen molar-refractivity contribution in [1.29, 1.82) is 0 Å². The van der Waals surface area contributed by atoms with Crippen molar-refractivity contribution >= 4 is 10.3 Å². The van der Waals surface area contributed by atoms with Crippen molar-refractivity contribution < 1.29 is 17.3 Å². The van der Waals surface area contributed by atoms with E-state index in [0.717, 1.165) is 12.8 Å². The van der Waals surface area contributed by atoms with Crippen molar-refractivity contribution in [3.63, 3.8) is 0 Å². The molecule has 2 heterocycles. The van der Waals surface area contributed by atoms with Gasteiger partial charge in [-0.3, -0.25) is 4.68 Å². The van der Waals surface area contributed by atoms with Crippen LogP contribution in [0.15, 0.2) is 6.20 Å². The van der Waals surface area contributed by atoms with Crippen LogP contribution in [0.25, 0.3) is 0 Å². The number of rotatable bonds is 3. The van der Waals surface area contributed by atoms with E-state index < -0.39 is 10.3 Å². The highest BCUT2D eigenvalue weighted by Crippen LogP contribution is 2.32. The summed E-state index contributed by atoms with van der Waals surface area (Å²) >= 11 is 0. The van der Waals surface area contributed by atoms with Crippen LogP contribution in [0.5, 0.6) is 5.75 Å². The number of hydrogen-bond donors (Lipinski definition) is 1. The molecule has 1 aromatic heterocycles. The largest absolute Gasteiger partial charge is 0.381 e. The molecule has 2 N–H and O–H groups in total. The Bertz CT molecular complexity index is 490. The molecule has 17 heavy (non-hydrogen) atoms. The predicted octanol–water partition coefficient (Wildman–Crippen LogP) is -0.104. The van der Waals surface area contributed by atoms with E-state index in [9.17, 15) is 8.42 Å². The summed E-state index contributed by atoms with van der Waals surface area (Å²) in [4.78, 5) is 0. The third-order valence-corrected chi connectivity index (χ3v) is 3.05. The van der Waals surface area contributed by atoms with Gasteiger partial charge in [0.05, 0.1) is 6.20 Å². The van der Waals surface area contributed by atoms with Crippen molar-refractivity contribution in [2.24, 2.45) is 12.2 Å². The molecule has 0 bridgehead atoms. The highest BCUT2D eigenvalue weighted by molar-refractivity contribution is 7.84. The van der Waals surface area contributed by atoms with E-state index in [4.69, 9.17) is 14.1 Å². The second kappa shape index (κ2) is 4.63. The van der Waals surface area contributed by atoms with Gasteiger partial charge in [-0.1, -0.05) is 0 Å². The van der Waals surface area contributed by atoms with Crippen LogP contribution in [0.2, 0.25) is 0 Å². The lowest BCUT2D eigenvalue weighted by Crippen LogP contribution is -2.21. The zero-order valence-electron chi connectivity index (χ0n) is 9.50. The van der Waals surface area contributed by atoms with E-state index in [1.54, 1.807) is 7.05 Å². The van der Waals surface area contributed by atoms with Gasteiger partial charge in [0, 0.05) is 26.2 Å². The Kier molecular flexibility index (Phi) is 3.36. The Labute approximate surface area is 99.8 Å². The normalized spacial score (nSPS) is 18.2. The number of nitrogens with zero attached hydrogens (tertiary/aromatic N) is 2. The van der Waals surface area contributed by atoms with Gasteiger partial charge in [-0.05, 0) is 12.8 Å². The van der Waals surface area contributed by atoms with Gasteiger partial charge in [-0.25, -0.2) is 0 Å². The lowest BCUT2D eigenvalue weighted by atomic mass is 9.96. The Hall–Kier alpha value is -1.12. The number of aromatic nitrogens is 2. The molecule has 0 amide bonds. The van der Waals surface area contributed by atoms with E-state index in [2.05, 4.69) is 5.10 Å². The maximum absolute atomic E-state index is 10.9. The van der Waals surface area contributed by atoms with Gasteiger partial charge in [0.15, 0.2) is 5.75 Å². The maximum atomic E-state index is 10.9. The third kappa shape index (κ3) is 3.18. The molecule has 1 aliphatic rings. The second-order valence-electron chi connectivity index (χ2n) is 4.02. The molecule has 1 aromatic rings. The van der Waals surface area contributed by atoms with E-state index in [-0.39, 0.29) is 11.7 Å². The van der Waals surface area contributed by atoms with Gasteiger partial charge < -0.3 is 8.92 Å². The van der Waals surface area contributed by atoms with Gasteiger partial charge in [0.25, 0.3) is 0 Å². The summed E-state index contributed by atoms with van der Waals surface area (Å²) in [5, 5.41) is 9.10. The Balaban J connectivity index is 2.26. The second-order valence-corrected chi connectivity index (χ2v) is 5.17. The fourth-order valence-electron chi connectivity index (χ4n) is 1.93. The summed E-state index contributed by atoms with van der Waals surface area (Å²) in [6.45, 7) is 1.30. The standard InChI is InChI=1S/C9H15N3O4S/c1-12-6-8(16-17(10,13)14)9(11-12)7-2-4-15-5-3-7/h6-7H,2-5H2,1H3,(H2,10,13,14). The Morgan fingerprint density at radius 2 is 2.18 bits per heavy atom. The van der Waals surface area contributed by atoms with E-state index >= 15 is 0 Å². The van der Waals surface area contributed by atoms with E-state index in [1.807, 2.05) is 0 Å². The molecule has 7 nitrogen and oxygen atoms in total. The average molecular weight is 261 g/mol. The minimum absolute atomic E-state index is 0.154. The fourth-order valence-corrected chi connectivity index (χ4v) is 2.31. The molecule has 0 aromatic carbocycles. The van der Waals surface area contributed by atoms with Crippen LogP contribution in [0.3, 0.4) is 0 Å². The third-order valence-electron chi connectivity index (χ3n) is 2.64. The monoisotopic (exact) mass is 261 g/mol. The summed E-state index contributed by atoms with van der Waals surface area (Å²) in [5.74, 6) is 0.364. The molecule has 1 aliphatic heterocycles. The first kappa shape index (κ1) is 12.3. The molecule has 8 heteroatoms. The number of nitrogens with two attached hydrogens (primary N) is 1. The fraction of sp³-hybridized carbons (Fsp3) is 0.667. The average Bonchev–Trinajstić information content (AvgIpc) is 2.58. The summed E-state index contributed by atoms with van der Waals surface area (Å²) in [7, 11) is -2.30. The quantitative estimate of drug-likeness (QED) is 0.819. The van der Waals surface area contributed by atoms with Gasteiger partial charge in [0.1, 0.15) is 5.69 Å². The van der Waals surface area contributed by atoms with Crippen LogP contribution in [0, 0.1) is 0 Å².